The average molecular weight is 400 g/mol. The molecule has 0 saturated heterocycles. The Balaban J connectivity index is 1.48. The molecule has 1 saturated carbocycles. The topological polar surface area (TPSA) is 12.0 Å². The largest absolute Gasteiger partial charge is 0.382 e. The van der Waals surface area contributed by atoms with Gasteiger partial charge in [-0.05, 0) is 76.7 Å². The van der Waals surface area contributed by atoms with Gasteiger partial charge in [0, 0.05) is 21.3 Å². The van der Waals surface area contributed by atoms with Gasteiger partial charge in [0.05, 0.1) is 0 Å². The predicted octanol–water partition coefficient (Wildman–Crippen LogP) is 7.44. The molecular weight excluding hydrogens is 370 g/mol. The minimum Gasteiger partial charge on any atom is -0.382 e. The summed E-state index contributed by atoms with van der Waals surface area (Å²) in [6.07, 6.45) is 7.36. The summed E-state index contributed by atoms with van der Waals surface area (Å²) in [5.74, 6) is 3.18. The summed E-state index contributed by atoms with van der Waals surface area (Å²) in [5, 5.41) is 5.38. The predicted molar refractivity (Wildman–Crippen MR) is 126 cm³/mol. The van der Waals surface area contributed by atoms with Crippen molar-refractivity contribution < 1.29 is 0 Å². The van der Waals surface area contributed by atoms with E-state index < -0.39 is 0 Å². The number of rotatable bonds is 2. The summed E-state index contributed by atoms with van der Waals surface area (Å²) in [7, 11) is 0. The highest BCUT2D eigenvalue weighted by molar-refractivity contribution is 7.20. The molecule has 2 heteroatoms. The maximum absolute atomic E-state index is 3.88. The maximum atomic E-state index is 3.88. The van der Waals surface area contributed by atoms with E-state index in [4.69, 9.17) is 0 Å². The Kier molecular flexibility index (Phi) is 3.96. The van der Waals surface area contributed by atoms with E-state index in [0.29, 0.717) is 35.6 Å². The van der Waals surface area contributed by atoms with Crippen LogP contribution in [-0.2, 0) is 6.42 Å². The van der Waals surface area contributed by atoms with E-state index >= 15 is 0 Å². The first-order chi connectivity index (χ1) is 14.2. The normalized spacial score (nSPS) is 32.1. The number of allylic oxidation sites excluding steroid dienone is 1. The molecule has 1 nitrogen and oxygen atoms in total. The van der Waals surface area contributed by atoms with Crippen molar-refractivity contribution in [3.05, 3.63) is 70.1 Å². The quantitative estimate of drug-likeness (QED) is 0.472. The van der Waals surface area contributed by atoms with Crippen LogP contribution in [0.4, 0.5) is 5.69 Å². The highest BCUT2D eigenvalue weighted by Crippen LogP contribution is 2.61. The van der Waals surface area contributed by atoms with Crippen molar-refractivity contribution in [2.24, 2.45) is 17.8 Å². The number of para-hydroxylation sites is 1. The molecular formula is C27H29NS. The van der Waals surface area contributed by atoms with Gasteiger partial charge < -0.3 is 5.32 Å². The van der Waals surface area contributed by atoms with Crippen LogP contribution in [0.25, 0.3) is 16.2 Å². The summed E-state index contributed by atoms with van der Waals surface area (Å²) >= 11 is 1.97. The van der Waals surface area contributed by atoms with Gasteiger partial charge in [-0.25, -0.2) is 0 Å². The lowest BCUT2D eigenvalue weighted by atomic mass is 9.76. The third-order valence-corrected chi connectivity index (χ3v) is 9.26. The van der Waals surface area contributed by atoms with E-state index in [1.807, 2.05) is 11.3 Å². The smallest absolute Gasteiger partial charge is 0.0411 e. The molecule has 1 fully saturated rings. The highest BCUT2D eigenvalue weighted by atomic mass is 32.1. The fourth-order valence-corrected chi connectivity index (χ4v) is 7.70. The first kappa shape index (κ1) is 17.8. The molecule has 1 N–H and O–H groups in total. The molecule has 3 aliphatic rings. The van der Waals surface area contributed by atoms with Crippen molar-refractivity contribution >= 4 is 33.2 Å². The lowest BCUT2D eigenvalue weighted by Crippen LogP contribution is -2.17. The Bertz CT molecular complexity index is 1120. The van der Waals surface area contributed by atoms with Gasteiger partial charge in [0.15, 0.2) is 0 Å². The van der Waals surface area contributed by atoms with Gasteiger partial charge in [0.2, 0.25) is 0 Å². The van der Waals surface area contributed by atoms with Crippen molar-refractivity contribution in [1.82, 2.24) is 0 Å². The average Bonchev–Trinajstić information content (AvgIpc) is 3.40. The minimum absolute atomic E-state index is 0.594. The number of hydrogen-bond acceptors (Lipinski definition) is 2. The Morgan fingerprint density at radius 2 is 1.83 bits per heavy atom. The summed E-state index contributed by atoms with van der Waals surface area (Å²) < 4.78 is 1.44. The molecule has 0 radical (unpaired) electrons. The van der Waals surface area contributed by atoms with Crippen LogP contribution < -0.4 is 5.32 Å². The number of hydrogen-bond donors (Lipinski definition) is 1. The molecule has 1 aliphatic heterocycles. The Hall–Kier alpha value is -2.06. The molecule has 148 valence electrons. The van der Waals surface area contributed by atoms with E-state index in [2.05, 4.69) is 80.7 Å². The zero-order valence-electron chi connectivity index (χ0n) is 17.5. The molecule has 6 rings (SSSR count). The number of benzene rings is 2. The second kappa shape index (κ2) is 6.47. The monoisotopic (exact) mass is 399 g/mol. The van der Waals surface area contributed by atoms with Crippen LogP contribution in [0.2, 0.25) is 0 Å². The molecule has 2 aliphatic carbocycles. The second-order valence-corrected chi connectivity index (χ2v) is 10.5. The van der Waals surface area contributed by atoms with Gasteiger partial charge in [-0.1, -0.05) is 63.2 Å². The molecule has 29 heavy (non-hydrogen) atoms. The Labute approximate surface area is 177 Å². The Morgan fingerprint density at radius 3 is 2.69 bits per heavy atom. The number of nitrogens with one attached hydrogen (secondary N) is 1. The lowest BCUT2D eigenvalue weighted by molar-refractivity contribution is 0.403. The standard InChI is InChI=1S/C27H29NS/c1-4-18-14-17-8-7-10-21(27(17)28-18)24-15(2)16(3)25-20(24)12-13-23-26(25)19-9-5-6-11-22(19)29-23/h5-13,15-16,18,20,24-25,28H,4,14H2,1-3H3. The van der Waals surface area contributed by atoms with Crippen LogP contribution in [0.3, 0.4) is 0 Å². The van der Waals surface area contributed by atoms with E-state index in [0.717, 1.165) is 0 Å². The molecule has 0 spiro atoms. The third kappa shape index (κ3) is 2.45. The van der Waals surface area contributed by atoms with Crippen molar-refractivity contribution in [1.29, 1.82) is 0 Å². The first-order valence-corrected chi connectivity index (χ1v) is 12.1. The van der Waals surface area contributed by atoms with Crippen LogP contribution in [0.1, 0.15) is 60.6 Å². The first-order valence-electron chi connectivity index (χ1n) is 11.2. The second-order valence-electron chi connectivity index (χ2n) is 9.42. The molecule has 2 aromatic carbocycles. The van der Waals surface area contributed by atoms with Gasteiger partial charge in [-0.15, -0.1) is 11.3 Å². The maximum Gasteiger partial charge on any atom is 0.0411 e. The Morgan fingerprint density at radius 1 is 1.00 bits per heavy atom. The van der Waals surface area contributed by atoms with Crippen molar-refractivity contribution in [2.75, 3.05) is 5.32 Å². The lowest BCUT2D eigenvalue weighted by Gasteiger charge is -2.28. The third-order valence-electron chi connectivity index (χ3n) is 8.11. The molecule has 6 unspecified atom stereocenters. The summed E-state index contributed by atoms with van der Waals surface area (Å²) in [4.78, 5) is 1.50. The van der Waals surface area contributed by atoms with Crippen molar-refractivity contribution in [2.45, 2.75) is 51.5 Å². The van der Waals surface area contributed by atoms with Gasteiger partial charge in [0.1, 0.15) is 0 Å². The van der Waals surface area contributed by atoms with Crippen LogP contribution in [-0.4, -0.2) is 6.04 Å². The number of fused-ring (bicyclic) bond motifs is 6. The molecule has 0 bridgehead atoms. The van der Waals surface area contributed by atoms with E-state index in [-0.39, 0.29) is 0 Å². The molecule has 0 amide bonds. The van der Waals surface area contributed by atoms with Crippen LogP contribution in [0, 0.1) is 17.8 Å². The van der Waals surface area contributed by atoms with E-state index in [9.17, 15) is 0 Å². The van der Waals surface area contributed by atoms with Gasteiger partial charge >= 0.3 is 0 Å². The minimum atomic E-state index is 0.594. The number of thiophene rings is 1. The van der Waals surface area contributed by atoms with Gasteiger partial charge in [-0.3, -0.25) is 0 Å². The fourth-order valence-electron chi connectivity index (χ4n) is 6.53. The van der Waals surface area contributed by atoms with Gasteiger partial charge in [0.25, 0.3) is 0 Å². The van der Waals surface area contributed by atoms with Crippen molar-refractivity contribution in [3.63, 3.8) is 0 Å². The summed E-state index contributed by atoms with van der Waals surface area (Å²) in [6, 6.07) is 16.7. The molecule has 1 aromatic heterocycles. The van der Waals surface area contributed by atoms with Gasteiger partial charge in [-0.2, -0.15) is 0 Å². The molecule has 6 atom stereocenters. The summed E-state index contributed by atoms with van der Waals surface area (Å²) in [6.45, 7) is 7.30. The van der Waals surface area contributed by atoms with Crippen LogP contribution in [0.15, 0.2) is 48.5 Å². The zero-order chi connectivity index (χ0) is 19.7. The molecule has 3 aromatic rings. The van der Waals surface area contributed by atoms with Crippen LogP contribution in [0.5, 0.6) is 0 Å². The number of anilines is 1. The highest BCUT2D eigenvalue weighted by Gasteiger charge is 2.49. The SMILES string of the molecule is CCC1Cc2cccc(C3C(C)C(C)C4c5c(sc6ccccc56)C=CC34)c2N1. The van der Waals surface area contributed by atoms with Crippen LogP contribution >= 0.6 is 11.3 Å². The summed E-state index contributed by atoms with van der Waals surface area (Å²) in [5.41, 5.74) is 6.18. The fraction of sp³-hybridized carbons (Fsp3) is 0.407. The van der Waals surface area contributed by atoms with E-state index in [1.54, 1.807) is 11.1 Å². The molecule has 2 heterocycles. The van der Waals surface area contributed by atoms with E-state index in [1.165, 1.54) is 39.1 Å². The zero-order valence-corrected chi connectivity index (χ0v) is 18.3. The van der Waals surface area contributed by atoms with Crippen molar-refractivity contribution in [3.8, 4) is 0 Å².